The molecule has 0 saturated carbocycles. The summed E-state index contributed by atoms with van der Waals surface area (Å²) < 4.78 is 37.2. The fourth-order valence-corrected chi connectivity index (χ4v) is 1.92. The molecule has 0 spiro atoms. The molecular formula is C17H28N16O4S. The van der Waals surface area contributed by atoms with Crippen molar-refractivity contribution in [3.63, 3.8) is 0 Å². The van der Waals surface area contributed by atoms with Crippen LogP contribution in [0.5, 0.6) is 0 Å². The Labute approximate surface area is 215 Å². The largest absolute Gasteiger partial charge is 0.759 e. The van der Waals surface area contributed by atoms with E-state index in [2.05, 4.69) is 50.3 Å². The molecule has 0 aromatic carbocycles. The van der Waals surface area contributed by atoms with Crippen molar-refractivity contribution in [2.24, 2.45) is 24.3 Å². The minimum absolute atomic E-state index is 0.438. The molecule has 0 bridgehead atoms. The molecule has 0 unspecified atom stereocenters. The van der Waals surface area contributed by atoms with Crippen molar-refractivity contribution < 1.29 is 27.5 Å². The van der Waals surface area contributed by atoms with Gasteiger partial charge in [0.25, 0.3) is 0 Å². The molecule has 0 amide bonds. The fraction of sp³-hybridized carbons (Fsp3) is 0.118. The summed E-state index contributed by atoms with van der Waals surface area (Å²) in [7, 11) is -1.63. The highest BCUT2D eigenvalue weighted by Gasteiger charge is 2.02. The molecule has 20 nitrogen and oxygen atoms in total. The summed E-state index contributed by atoms with van der Waals surface area (Å²) in [6.07, 6.45) is 13.4. The van der Waals surface area contributed by atoms with Crippen LogP contribution in [0.3, 0.4) is 0 Å². The summed E-state index contributed by atoms with van der Waals surface area (Å²) in [5, 5.41) is 15.5. The van der Waals surface area contributed by atoms with Crippen LogP contribution in [0.25, 0.3) is 0 Å². The maximum Gasteiger partial charge on any atom is 0.350 e. The van der Waals surface area contributed by atoms with Gasteiger partial charge in [-0.25, -0.2) is 24.9 Å². The monoisotopic (exact) mass is 552 g/mol. The second-order valence-electron chi connectivity index (χ2n) is 6.51. The molecule has 0 radical (unpaired) electrons. The van der Waals surface area contributed by atoms with Crippen LogP contribution in [-0.4, -0.2) is 57.0 Å². The van der Waals surface area contributed by atoms with E-state index in [1.54, 1.807) is 74.4 Å². The van der Waals surface area contributed by atoms with Crippen LogP contribution in [-0.2, 0) is 24.5 Å². The SMILES string of the molecule is Cn1ncc(N=Nc2ncc[nH]2)c1N.Cn1nccc1N.Nc1[nH]cc[nH+]1.Nc1[nH]cc[nH+]1.O=S(=O)([O-])[O-]. The van der Waals surface area contributed by atoms with Gasteiger partial charge in [-0.2, -0.15) is 10.2 Å². The molecular weight excluding hydrogens is 524 g/mol. The Morgan fingerprint density at radius 3 is 1.71 bits per heavy atom. The molecule has 5 aromatic heterocycles. The number of aromatic nitrogens is 10. The number of H-pyrrole nitrogens is 5. The number of nitrogen functional groups attached to an aromatic ring is 4. The molecule has 0 fully saturated rings. The van der Waals surface area contributed by atoms with Crippen LogP contribution >= 0.6 is 0 Å². The number of nitrogens with zero attached hydrogens (tertiary/aromatic N) is 7. The third-order valence-corrected chi connectivity index (χ3v) is 3.68. The number of aromatic amines is 5. The number of hydrogen-bond donors (Lipinski definition) is 7. The van der Waals surface area contributed by atoms with Crippen LogP contribution in [0.4, 0.5) is 35.2 Å². The van der Waals surface area contributed by atoms with E-state index in [9.17, 15) is 0 Å². The van der Waals surface area contributed by atoms with Gasteiger partial charge >= 0.3 is 11.9 Å². The van der Waals surface area contributed by atoms with Gasteiger partial charge in [-0.1, -0.05) is 0 Å². The first kappa shape index (κ1) is 30.8. The standard InChI is InChI=1S/C7H9N7.C4H7N3.2C3H5N3.H2O4S/c1-14-6(8)5(4-11-14)12-13-7-9-2-3-10-7;1-7-4(5)2-3-6-7;2*4-3-5-1-2-6-3;1-5(2,3)4/h2-4H,8H2,1H3,(H,9,10);2-3H,5H2,1H3;2*1-2H,(H3,4,5,6);(H2,1,2,3,4). The zero-order chi connectivity index (χ0) is 28.6. The summed E-state index contributed by atoms with van der Waals surface area (Å²) in [4.78, 5) is 17.6. The molecule has 5 heterocycles. The smallest absolute Gasteiger partial charge is 0.350 e. The van der Waals surface area contributed by atoms with Crippen LogP contribution < -0.4 is 32.9 Å². The number of rotatable bonds is 2. The van der Waals surface area contributed by atoms with Gasteiger partial charge in [0, 0.05) is 36.9 Å². The third-order valence-electron chi connectivity index (χ3n) is 3.68. The molecule has 0 aliphatic rings. The molecule has 5 rings (SSSR count). The van der Waals surface area contributed by atoms with Crippen molar-refractivity contribution in [1.29, 1.82) is 0 Å². The lowest BCUT2D eigenvalue weighted by Gasteiger charge is -2.06. The lowest BCUT2D eigenvalue weighted by Crippen LogP contribution is -2.03. The van der Waals surface area contributed by atoms with E-state index in [1.807, 2.05) is 0 Å². The van der Waals surface area contributed by atoms with Gasteiger partial charge in [-0.15, -0.1) is 10.2 Å². The van der Waals surface area contributed by atoms with Gasteiger partial charge in [0.05, 0.1) is 37.2 Å². The highest BCUT2D eigenvalue weighted by Crippen LogP contribution is 2.21. The Hall–Kier alpha value is -5.28. The van der Waals surface area contributed by atoms with Crippen LogP contribution in [0.2, 0.25) is 0 Å². The van der Waals surface area contributed by atoms with E-state index in [4.69, 9.17) is 40.5 Å². The highest BCUT2D eigenvalue weighted by atomic mass is 32.3. The zero-order valence-corrected chi connectivity index (χ0v) is 21.0. The molecule has 13 N–H and O–H groups in total. The van der Waals surface area contributed by atoms with E-state index in [1.165, 1.54) is 4.68 Å². The summed E-state index contributed by atoms with van der Waals surface area (Å²) in [6, 6.07) is 1.75. The van der Waals surface area contributed by atoms with E-state index in [0.717, 1.165) is 0 Å². The van der Waals surface area contributed by atoms with Crippen LogP contribution in [0, 0.1) is 0 Å². The maximum absolute atomic E-state index is 8.52. The second-order valence-corrected chi connectivity index (χ2v) is 7.33. The van der Waals surface area contributed by atoms with Crippen molar-refractivity contribution in [1.82, 2.24) is 39.5 Å². The average Bonchev–Trinajstić information content (AvgIpc) is 3.67. The minimum atomic E-state index is -5.17. The molecule has 0 aliphatic heterocycles. The number of nitrogens with one attached hydrogen (secondary N) is 5. The van der Waals surface area contributed by atoms with E-state index in [-0.39, 0.29) is 0 Å². The number of azo groups is 1. The molecule has 38 heavy (non-hydrogen) atoms. The fourth-order valence-electron chi connectivity index (χ4n) is 1.92. The van der Waals surface area contributed by atoms with Gasteiger partial charge in [0.2, 0.25) is 5.95 Å². The lowest BCUT2D eigenvalue weighted by atomic mass is 10.5. The number of aryl methyl sites for hydroxylation is 2. The molecule has 0 aliphatic carbocycles. The van der Waals surface area contributed by atoms with Gasteiger partial charge in [0.1, 0.15) is 17.3 Å². The van der Waals surface area contributed by atoms with E-state index < -0.39 is 10.4 Å². The van der Waals surface area contributed by atoms with Crippen LogP contribution in [0.1, 0.15) is 0 Å². The van der Waals surface area contributed by atoms with Crippen molar-refractivity contribution in [2.45, 2.75) is 0 Å². The van der Waals surface area contributed by atoms with Gasteiger partial charge in [-0.3, -0.25) is 29.2 Å². The van der Waals surface area contributed by atoms with E-state index in [0.29, 0.717) is 35.2 Å². The van der Waals surface area contributed by atoms with Crippen molar-refractivity contribution in [2.75, 3.05) is 22.9 Å². The number of imidazole rings is 3. The summed E-state index contributed by atoms with van der Waals surface area (Å²) >= 11 is 0. The Morgan fingerprint density at radius 2 is 1.45 bits per heavy atom. The predicted octanol–water partition coefficient (Wildman–Crippen LogP) is -1.37. The first-order valence-electron chi connectivity index (χ1n) is 10.1. The quantitative estimate of drug-likeness (QED) is 0.0760. The summed E-state index contributed by atoms with van der Waals surface area (Å²) in [5.41, 5.74) is 21.9. The Bertz CT molecular complexity index is 1350. The van der Waals surface area contributed by atoms with Crippen molar-refractivity contribution >= 4 is 45.6 Å². The number of hydrogen-bond acceptors (Lipinski definition) is 13. The molecule has 5 aromatic rings. The Morgan fingerprint density at radius 1 is 0.868 bits per heavy atom. The molecule has 0 saturated heterocycles. The summed E-state index contributed by atoms with van der Waals surface area (Å²) in [6.45, 7) is 0. The topological polar surface area (TPSA) is 333 Å². The van der Waals surface area contributed by atoms with E-state index >= 15 is 0 Å². The first-order chi connectivity index (χ1) is 17.9. The van der Waals surface area contributed by atoms with Crippen LogP contribution in [0.15, 0.2) is 65.9 Å². The normalized spacial score (nSPS) is 10.1. The molecule has 206 valence electrons. The number of nitrogens with two attached hydrogens (primary N) is 4. The van der Waals surface area contributed by atoms with Crippen molar-refractivity contribution in [3.8, 4) is 0 Å². The predicted molar refractivity (Wildman–Crippen MR) is 132 cm³/mol. The Balaban J connectivity index is 0.000000256. The number of anilines is 4. The maximum atomic E-state index is 8.52. The minimum Gasteiger partial charge on any atom is -0.759 e. The zero-order valence-electron chi connectivity index (χ0n) is 20.2. The Kier molecular flexibility index (Phi) is 12.7. The van der Waals surface area contributed by atoms with Gasteiger partial charge in [-0.05, 0) is 6.07 Å². The lowest BCUT2D eigenvalue weighted by molar-refractivity contribution is -0.358. The average molecular weight is 553 g/mol. The highest BCUT2D eigenvalue weighted by molar-refractivity contribution is 7.79. The first-order valence-corrected chi connectivity index (χ1v) is 11.4. The summed E-state index contributed by atoms with van der Waals surface area (Å²) in [5.74, 6) is 2.79. The van der Waals surface area contributed by atoms with Crippen molar-refractivity contribution in [3.05, 3.63) is 55.6 Å². The van der Waals surface area contributed by atoms with Gasteiger partial charge in [0.15, 0.2) is 0 Å². The second kappa shape index (κ2) is 15.7. The third kappa shape index (κ3) is 14.2. The molecule has 0 atom stereocenters. The molecule has 21 heteroatoms. The van der Waals surface area contributed by atoms with Gasteiger partial charge < -0.3 is 25.6 Å².